The first-order chi connectivity index (χ1) is 1.41. The minimum atomic E-state index is -0.167. The van der Waals surface area contributed by atoms with Crippen LogP contribution in [-0.2, 0) is 17.1 Å². The van der Waals surface area contributed by atoms with Gasteiger partial charge in [0.2, 0.25) is 0 Å². The van der Waals surface area contributed by atoms with E-state index in [2.05, 4.69) is 0 Å². The smallest absolute Gasteiger partial charge is 1.00 e. The van der Waals surface area contributed by atoms with E-state index in [1.54, 1.807) is 0 Å². The van der Waals surface area contributed by atoms with E-state index in [0.29, 0.717) is 0 Å². The predicted molar refractivity (Wildman–Crippen MR) is 3.33 cm³/mol. The van der Waals surface area contributed by atoms with E-state index in [4.69, 9.17) is 9.32 Å². The molecule has 0 saturated carbocycles. The Balaban J connectivity index is -0.00000000667. The molecule has 33 valence electrons. The molecule has 0 aliphatic rings. The van der Waals surface area contributed by atoms with Crippen molar-refractivity contribution in [1.29, 1.82) is 0 Å². The molecular formula is H2ClCuNaO2. The Morgan fingerprint density at radius 1 is 1.80 bits per heavy atom. The van der Waals surface area contributed by atoms with E-state index in [0.717, 1.165) is 0 Å². The molecule has 2 nitrogen and oxygen atoms in total. The topological polar surface area (TPSA) is 43.3 Å². The summed E-state index contributed by atoms with van der Waals surface area (Å²) in [7, 11) is 0. The molecule has 0 heterocycles. The van der Waals surface area contributed by atoms with Crippen LogP contribution in [0.4, 0.5) is 0 Å². The molecule has 0 aliphatic carbocycles. The van der Waals surface area contributed by atoms with E-state index in [-0.39, 0.29) is 59.4 Å². The Morgan fingerprint density at radius 2 is 1.80 bits per heavy atom. The van der Waals surface area contributed by atoms with Gasteiger partial charge < -0.3 is 6.09 Å². The third-order valence-electron chi connectivity index (χ3n) is 0. The van der Waals surface area contributed by atoms with Crippen LogP contribution in [0.25, 0.3) is 0 Å². The van der Waals surface area contributed by atoms with Gasteiger partial charge in [-0.15, -0.1) is 4.66 Å². The molecule has 0 aliphatic heterocycles. The van der Waals surface area contributed by atoms with Crippen molar-refractivity contribution < 1.29 is 68.7 Å². The fourth-order valence-electron chi connectivity index (χ4n) is 0. The minimum absolute atomic E-state index is 0. The molecule has 0 rings (SSSR count). The second kappa shape index (κ2) is 17.2. The van der Waals surface area contributed by atoms with Crippen molar-refractivity contribution >= 4 is 0 Å². The van der Waals surface area contributed by atoms with Crippen LogP contribution in [0.2, 0.25) is 0 Å². The van der Waals surface area contributed by atoms with Crippen molar-refractivity contribution in [3.63, 3.8) is 0 Å². The maximum absolute atomic E-state index is 8.35. The van der Waals surface area contributed by atoms with Gasteiger partial charge >= 0.3 is 40.9 Å². The molecule has 0 fully saturated rings. The maximum Gasteiger partial charge on any atom is 1.00 e. The molecule has 0 saturated heterocycles. The molecule has 0 aromatic rings. The first-order valence-corrected chi connectivity index (χ1v) is 0.970. The normalized spacial score (nSPS) is 3.60. The molecule has 5 heteroatoms. The summed E-state index contributed by atoms with van der Waals surface area (Å²) in [6.07, 6.45) is 0. The van der Waals surface area contributed by atoms with Crippen LogP contribution in [0.15, 0.2) is 0 Å². The van der Waals surface area contributed by atoms with E-state index in [1.165, 1.54) is 0 Å². The Labute approximate surface area is 68.3 Å². The van der Waals surface area contributed by atoms with Crippen LogP contribution in [0.5, 0.6) is 0 Å². The summed E-state index contributed by atoms with van der Waals surface area (Å²) in [6.45, 7) is 0. The average Bonchev–Trinajstić information content (AvgIpc) is 0.918. The van der Waals surface area contributed by atoms with Crippen LogP contribution >= 0.6 is 0 Å². The molecule has 0 unspecified atom stereocenters. The summed E-state index contributed by atoms with van der Waals surface area (Å²) >= 11 is -0.167. The fraction of sp³-hybridized carbons (Fsp3) is 0. The van der Waals surface area contributed by atoms with Gasteiger partial charge in [-0.25, -0.2) is 0 Å². The van der Waals surface area contributed by atoms with Gasteiger partial charge in [-0.3, -0.25) is 0 Å². The fourth-order valence-corrected chi connectivity index (χ4v) is 0. The standard InChI is InChI=1S/ClHO2.Cu.Na.H/c2-1-3;;;/h2H;;;/q;;+1;-1. The largest absolute Gasteiger partial charge is 1.00 e. The molecule has 0 atom stereocenters. The van der Waals surface area contributed by atoms with Crippen molar-refractivity contribution in [2.45, 2.75) is 0 Å². The van der Waals surface area contributed by atoms with Crippen molar-refractivity contribution in [3.05, 3.63) is 0 Å². The first kappa shape index (κ1) is 15.9. The molecule has 0 aromatic heterocycles. The quantitative estimate of drug-likeness (QED) is 0.358. The summed E-state index contributed by atoms with van der Waals surface area (Å²) in [5.74, 6) is 0. The molecular weight excluding hydrogens is 154 g/mol. The molecule has 0 amide bonds. The Hall–Kier alpha value is 1.73. The van der Waals surface area contributed by atoms with Crippen LogP contribution in [0.1, 0.15) is 1.43 Å². The average molecular weight is 156 g/mol. The summed E-state index contributed by atoms with van der Waals surface area (Å²) in [6, 6.07) is 0. The third kappa shape index (κ3) is 26.6. The zero-order valence-corrected chi connectivity index (χ0v) is 6.23. The molecule has 0 bridgehead atoms. The first-order valence-electron chi connectivity index (χ1n) is 0.323. The zero-order chi connectivity index (χ0) is 2.71. The monoisotopic (exact) mass is 155 g/mol. The third-order valence-corrected chi connectivity index (χ3v) is 0. The van der Waals surface area contributed by atoms with Crippen molar-refractivity contribution in [2.75, 3.05) is 0 Å². The zero-order valence-electron chi connectivity index (χ0n) is 3.53. The Bertz CT molecular complexity index is 13.5. The molecule has 5 heavy (non-hydrogen) atoms. The van der Waals surface area contributed by atoms with Gasteiger partial charge in [0.1, 0.15) is 0 Å². The number of hydrogen-bond donors (Lipinski definition) is 1. The SMILES string of the molecule is [Cu].[H-].[Na+].[O-][Cl+]O. The summed E-state index contributed by atoms with van der Waals surface area (Å²) in [4.78, 5) is 0. The van der Waals surface area contributed by atoms with Gasteiger partial charge in [0.25, 0.3) is 0 Å². The van der Waals surface area contributed by atoms with Crippen molar-refractivity contribution in [2.24, 2.45) is 0 Å². The Kier molecular flexibility index (Phi) is 54.6. The van der Waals surface area contributed by atoms with Crippen LogP contribution in [0.3, 0.4) is 0 Å². The molecule has 1 radical (unpaired) electrons. The number of halogens is 1. The van der Waals surface area contributed by atoms with Crippen LogP contribution in [-0.4, -0.2) is 4.66 Å². The van der Waals surface area contributed by atoms with Crippen molar-refractivity contribution in [3.8, 4) is 0 Å². The Morgan fingerprint density at radius 3 is 1.80 bits per heavy atom. The molecule has 0 spiro atoms. The number of rotatable bonds is 0. The molecule has 1 N–H and O–H groups in total. The van der Waals surface area contributed by atoms with Crippen LogP contribution < -0.4 is 34.2 Å². The predicted octanol–water partition coefficient (Wildman–Crippen LogP) is -4.63. The van der Waals surface area contributed by atoms with E-state index in [9.17, 15) is 0 Å². The van der Waals surface area contributed by atoms with Crippen molar-refractivity contribution in [1.82, 2.24) is 0 Å². The molecule has 0 aromatic carbocycles. The van der Waals surface area contributed by atoms with E-state index < -0.39 is 0 Å². The summed E-state index contributed by atoms with van der Waals surface area (Å²) in [5.41, 5.74) is 0. The second-order valence-corrected chi connectivity index (χ2v) is 0.207. The second-order valence-electron chi connectivity index (χ2n) is 0.0690. The van der Waals surface area contributed by atoms with Gasteiger partial charge in [0.05, 0.1) is 0 Å². The van der Waals surface area contributed by atoms with Gasteiger partial charge in [-0.05, 0) is 0 Å². The van der Waals surface area contributed by atoms with Gasteiger partial charge in [-0.2, -0.15) is 0 Å². The van der Waals surface area contributed by atoms with E-state index >= 15 is 0 Å². The van der Waals surface area contributed by atoms with Gasteiger partial charge in [0, 0.05) is 17.1 Å². The van der Waals surface area contributed by atoms with Gasteiger partial charge in [0.15, 0.2) is 0 Å². The minimum Gasteiger partial charge on any atom is -1.00 e. The summed E-state index contributed by atoms with van der Waals surface area (Å²) in [5, 5.41) is 0. The van der Waals surface area contributed by atoms with E-state index in [1.807, 2.05) is 0 Å². The maximum atomic E-state index is 8.35. The van der Waals surface area contributed by atoms with Gasteiger partial charge in [-0.1, -0.05) is 0 Å². The van der Waals surface area contributed by atoms with Crippen LogP contribution in [0, 0.1) is 11.3 Å². The number of hydrogen-bond acceptors (Lipinski definition) is 2. The summed E-state index contributed by atoms with van der Waals surface area (Å²) < 4.78 is 15.2.